The highest BCUT2D eigenvalue weighted by molar-refractivity contribution is 8.33. The number of aryl methyl sites for hydroxylation is 1. The minimum Gasteiger partial charge on any atom is -0.460 e. The maximum Gasteiger partial charge on any atom is 0.306 e. The largest absolute Gasteiger partial charge is 0.460 e. The Morgan fingerprint density at radius 2 is 1.52 bits per heavy atom. The molecule has 164 valence electrons. The van der Waals surface area contributed by atoms with Crippen molar-refractivity contribution in [1.29, 1.82) is 0 Å². The lowest BCUT2D eigenvalue weighted by atomic mass is 9.90. The molecular formula is C27H20O2S4. The van der Waals surface area contributed by atoms with Crippen LogP contribution >= 0.6 is 47.0 Å². The topological polar surface area (TPSA) is 26.3 Å². The summed E-state index contributed by atoms with van der Waals surface area (Å²) in [7, 11) is 0. The molecule has 2 nitrogen and oxygen atoms in total. The first-order valence-corrected chi connectivity index (χ1v) is 14.3. The average Bonchev–Trinajstić information content (AvgIpc) is 3.54. The number of benzene rings is 4. The lowest BCUT2D eigenvalue weighted by Gasteiger charge is -2.14. The Morgan fingerprint density at radius 1 is 0.788 bits per heavy atom. The number of carbonyl (C=O) groups is 1. The van der Waals surface area contributed by atoms with Crippen LogP contribution in [-0.4, -0.2) is 12.6 Å². The molecule has 0 saturated heterocycles. The Balaban J connectivity index is 1.09. The highest BCUT2D eigenvalue weighted by Gasteiger charge is 2.19. The molecule has 6 heteroatoms. The summed E-state index contributed by atoms with van der Waals surface area (Å²) < 4.78 is 8.16. The van der Waals surface area contributed by atoms with Gasteiger partial charge in [0.2, 0.25) is 0 Å². The molecule has 0 fully saturated rings. The van der Waals surface area contributed by atoms with E-state index in [-0.39, 0.29) is 5.97 Å². The van der Waals surface area contributed by atoms with Gasteiger partial charge in [0.15, 0.2) is 0 Å². The molecule has 0 saturated carbocycles. The molecule has 0 atom stereocenters. The summed E-state index contributed by atoms with van der Waals surface area (Å²) in [4.78, 5) is 13.5. The summed E-state index contributed by atoms with van der Waals surface area (Å²) >= 11 is 6.96. The van der Waals surface area contributed by atoms with Gasteiger partial charge in [-0.3, -0.25) is 4.79 Å². The van der Waals surface area contributed by atoms with Gasteiger partial charge >= 0.3 is 5.97 Å². The zero-order valence-electron chi connectivity index (χ0n) is 17.7. The summed E-state index contributed by atoms with van der Waals surface area (Å²) in [5, 5.41) is 14.1. The third kappa shape index (κ3) is 4.30. The SMILES string of the molecule is O=C(CCCc1ccc2ccc3cccc4ccc1c2c34)OCC1=CSC(=C2SC=CS2)S1. The van der Waals surface area contributed by atoms with E-state index in [2.05, 4.69) is 70.8 Å². The molecule has 0 aliphatic carbocycles. The van der Waals surface area contributed by atoms with Crippen molar-refractivity contribution in [2.24, 2.45) is 0 Å². The van der Waals surface area contributed by atoms with Gasteiger partial charge in [-0.15, -0.1) is 0 Å². The van der Waals surface area contributed by atoms with E-state index in [0.717, 1.165) is 17.7 Å². The number of rotatable bonds is 6. The molecule has 2 heterocycles. The molecule has 0 aromatic heterocycles. The second-order valence-corrected chi connectivity index (χ2v) is 12.3. The molecule has 0 N–H and O–H groups in total. The van der Waals surface area contributed by atoms with Gasteiger partial charge in [0, 0.05) is 11.3 Å². The highest BCUT2D eigenvalue weighted by Crippen LogP contribution is 2.53. The van der Waals surface area contributed by atoms with E-state index in [1.165, 1.54) is 46.4 Å². The van der Waals surface area contributed by atoms with Gasteiger partial charge in [0.05, 0.1) is 8.47 Å². The van der Waals surface area contributed by atoms with E-state index in [4.69, 9.17) is 4.74 Å². The van der Waals surface area contributed by atoms with Crippen molar-refractivity contribution in [3.63, 3.8) is 0 Å². The number of ether oxygens (including phenoxy) is 1. The van der Waals surface area contributed by atoms with Crippen LogP contribution in [0.2, 0.25) is 0 Å². The van der Waals surface area contributed by atoms with E-state index < -0.39 is 0 Å². The Labute approximate surface area is 209 Å². The van der Waals surface area contributed by atoms with Gasteiger partial charge in [0.1, 0.15) is 6.61 Å². The van der Waals surface area contributed by atoms with Gasteiger partial charge in [-0.1, -0.05) is 102 Å². The predicted molar refractivity (Wildman–Crippen MR) is 149 cm³/mol. The van der Waals surface area contributed by atoms with Gasteiger partial charge in [-0.05, 0) is 66.9 Å². The molecule has 2 aliphatic rings. The molecule has 4 aromatic carbocycles. The first-order valence-electron chi connectivity index (χ1n) is 10.8. The molecule has 4 aromatic rings. The molecule has 6 rings (SSSR count). The van der Waals surface area contributed by atoms with Gasteiger partial charge in [0.25, 0.3) is 0 Å². The number of hydrogen-bond donors (Lipinski definition) is 0. The van der Waals surface area contributed by atoms with E-state index >= 15 is 0 Å². The molecule has 0 radical (unpaired) electrons. The van der Waals surface area contributed by atoms with Crippen molar-refractivity contribution < 1.29 is 9.53 Å². The van der Waals surface area contributed by atoms with Crippen LogP contribution in [0.25, 0.3) is 32.3 Å². The zero-order chi connectivity index (χ0) is 22.2. The fourth-order valence-corrected chi connectivity index (χ4v) is 8.80. The molecule has 0 spiro atoms. The van der Waals surface area contributed by atoms with Crippen LogP contribution in [0.3, 0.4) is 0 Å². The summed E-state index contributed by atoms with van der Waals surface area (Å²) in [6.45, 7) is 0.370. The maximum absolute atomic E-state index is 12.4. The lowest BCUT2D eigenvalue weighted by molar-refractivity contribution is -0.142. The number of hydrogen-bond acceptors (Lipinski definition) is 6. The number of thioether (sulfide) groups is 4. The first kappa shape index (κ1) is 21.5. The summed E-state index contributed by atoms with van der Waals surface area (Å²) in [5.41, 5.74) is 1.30. The molecule has 2 aliphatic heterocycles. The second kappa shape index (κ2) is 9.34. The monoisotopic (exact) mass is 504 g/mol. The van der Waals surface area contributed by atoms with E-state index in [1.54, 1.807) is 47.0 Å². The van der Waals surface area contributed by atoms with Gasteiger partial charge in [-0.2, -0.15) is 0 Å². The zero-order valence-corrected chi connectivity index (χ0v) is 21.0. The highest BCUT2D eigenvalue weighted by atomic mass is 32.2. The smallest absolute Gasteiger partial charge is 0.306 e. The van der Waals surface area contributed by atoms with Crippen molar-refractivity contribution in [1.82, 2.24) is 0 Å². The van der Waals surface area contributed by atoms with Crippen LogP contribution in [0.1, 0.15) is 18.4 Å². The average molecular weight is 505 g/mol. The minimum atomic E-state index is -0.119. The Morgan fingerprint density at radius 3 is 2.33 bits per heavy atom. The molecule has 33 heavy (non-hydrogen) atoms. The normalized spacial score (nSPS) is 15.9. The third-order valence-corrected chi connectivity index (χ3v) is 11.0. The predicted octanol–water partition coefficient (Wildman–Crippen LogP) is 8.85. The third-order valence-electron chi connectivity index (χ3n) is 5.91. The molecular weight excluding hydrogens is 485 g/mol. The second-order valence-electron chi connectivity index (χ2n) is 7.98. The van der Waals surface area contributed by atoms with Crippen LogP contribution in [0, 0.1) is 0 Å². The summed E-state index contributed by atoms with van der Waals surface area (Å²) in [6.07, 6.45) is 2.10. The van der Waals surface area contributed by atoms with Crippen LogP contribution in [0.4, 0.5) is 0 Å². The molecule has 0 unspecified atom stereocenters. The summed E-state index contributed by atoms with van der Waals surface area (Å²) in [5.74, 6) is -0.119. The van der Waals surface area contributed by atoms with Crippen molar-refractivity contribution in [3.05, 3.63) is 89.8 Å². The van der Waals surface area contributed by atoms with Crippen molar-refractivity contribution in [2.75, 3.05) is 6.61 Å². The van der Waals surface area contributed by atoms with E-state index in [0.29, 0.717) is 13.0 Å². The molecule has 0 amide bonds. The van der Waals surface area contributed by atoms with Crippen molar-refractivity contribution >= 4 is 85.3 Å². The Kier molecular flexibility index (Phi) is 6.09. The van der Waals surface area contributed by atoms with Crippen LogP contribution < -0.4 is 0 Å². The quantitative estimate of drug-likeness (QED) is 0.192. The summed E-state index contributed by atoms with van der Waals surface area (Å²) in [6, 6.07) is 19.8. The first-order chi connectivity index (χ1) is 16.3. The fraction of sp³-hybridized carbons (Fsp3) is 0.148. The molecule has 0 bridgehead atoms. The lowest BCUT2D eigenvalue weighted by Crippen LogP contribution is -2.06. The maximum atomic E-state index is 12.4. The fourth-order valence-electron chi connectivity index (χ4n) is 4.40. The van der Waals surface area contributed by atoms with Gasteiger partial charge < -0.3 is 4.74 Å². The number of esters is 1. The van der Waals surface area contributed by atoms with E-state index in [9.17, 15) is 4.79 Å². The standard InChI is InChI=1S/C27H20O2S4/c28-23(29-15-21-16-32-27(33-21)26-30-13-14-31-26)6-2-3-17-7-8-20-10-9-18-4-1-5-19-11-12-22(17)25(20)24(18)19/h1,4-5,7-14,16H,2-3,6,15H2. The van der Waals surface area contributed by atoms with Crippen LogP contribution in [-0.2, 0) is 16.0 Å². The van der Waals surface area contributed by atoms with E-state index in [1.807, 2.05) is 0 Å². The number of carbonyl (C=O) groups excluding carboxylic acids is 1. The van der Waals surface area contributed by atoms with Crippen molar-refractivity contribution in [3.8, 4) is 0 Å². The van der Waals surface area contributed by atoms with Crippen LogP contribution in [0.15, 0.2) is 84.2 Å². The van der Waals surface area contributed by atoms with Crippen LogP contribution in [0.5, 0.6) is 0 Å². The minimum absolute atomic E-state index is 0.119. The van der Waals surface area contributed by atoms with Crippen molar-refractivity contribution in [2.45, 2.75) is 19.3 Å². The van der Waals surface area contributed by atoms with Gasteiger partial charge in [-0.25, -0.2) is 0 Å². The Hall–Kier alpha value is -1.99. The Bertz CT molecular complexity index is 1440.